The van der Waals surface area contributed by atoms with E-state index in [2.05, 4.69) is 4.74 Å². The number of carbonyl (C=O) groups is 1. The molecule has 0 saturated heterocycles. The van der Waals surface area contributed by atoms with Crippen molar-refractivity contribution in [3.8, 4) is 0 Å². The van der Waals surface area contributed by atoms with Gasteiger partial charge >= 0.3 is 5.97 Å². The van der Waals surface area contributed by atoms with Crippen LogP contribution in [-0.4, -0.2) is 19.6 Å². The van der Waals surface area contributed by atoms with E-state index in [-0.39, 0.29) is 24.8 Å². The number of esters is 1. The average Bonchev–Trinajstić information content (AvgIpc) is 2.28. The van der Waals surface area contributed by atoms with E-state index in [0.29, 0.717) is 5.56 Å². The third kappa shape index (κ3) is 2.79. The van der Waals surface area contributed by atoms with Gasteiger partial charge in [-0.15, -0.1) is 0 Å². The van der Waals surface area contributed by atoms with Crippen LogP contribution in [0.4, 0.5) is 4.39 Å². The molecule has 4 heteroatoms. The van der Waals surface area contributed by atoms with Gasteiger partial charge in [-0.05, 0) is 17.7 Å². The molecule has 0 aromatic heterocycles. The van der Waals surface area contributed by atoms with E-state index in [4.69, 9.17) is 5.73 Å². The average molecular weight is 225 g/mol. The van der Waals surface area contributed by atoms with Crippen LogP contribution >= 0.6 is 0 Å². The molecule has 16 heavy (non-hydrogen) atoms. The molecule has 0 radical (unpaired) electrons. The van der Waals surface area contributed by atoms with Gasteiger partial charge in [-0.25, -0.2) is 4.39 Å². The van der Waals surface area contributed by atoms with Gasteiger partial charge in [0.1, 0.15) is 5.82 Å². The highest BCUT2D eigenvalue weighted by Crippen LogP contribution is 2.27. The third-order valence-corrected chi connectivity index (χ3v) is 2.73. The van der Waals surface area contributed by atoms with Crippen LogP contribution in [-0.2, 0) is 14.9 Å². The maximum atomic E-state index is 13.1. The second-order valence-corrected chi connectivity index (χ2v) is 4.03. The molecular weight excluding hydrogens is 209 g/mol. The second kappa shape index (κ2) is 5.07. The van der Waals surface area contributed by atoms with Crippen molar-refractivity contribution in [2.24, 2.45) is 5.73 Å². The van der Waals surface area contributed by atoms with Crippen LogP contribution in [0.2, 0.25) is 0 Å². The zero-order valence-corrected chi connectivity index (χ0v) is 9.50. The van der Waals surface area contributed by atoms with Crippen LogP contribution in [0.1, 0.15) is 18.9 Å². The third-order valence-electron chi connectivity index (χ3n) is 2.73. The lowest BCUT2D eigenvalue weighted by Gasteiger charge is -2.27. The van der Waals surface area contributed by atoms with Crippen molar-refractivity contribution >= 4 is 5.97 Å². The minimum Gasteiger partial charge on any atom is -0.469 e. The molecule has 1 rings (SSSR count). The summed E-state index contributed by atoms with van der Waals surface area (Å²) < 4.78 is 17.7. The first-order valence-electron chi connectivity index (χ1n) is 5.05. The number of hydrogen-bond acceptors (Lipinski definition) is 3. The number of carbonyl (C=O) groups excluding carboxylic acids is 1. The predicted octanol–water partition coefficient (Wildman–Crippen LogP) is 1.61. The van der Waals surface area contributed by atoms with Gasteiger partial charge in [0, 0.05) is 12.0 Å². The molecule has 0 bridgehead atoms. The van der Waals surface area contributed by atoms with Gasteiger partial charge in [0.15, 0.2) is 0 Å². The van der Waals surface area contributed by atoms with Crippen LogP contribution in [0.25, 0.3) is 0 Å². The summed E-state index contributed by atoms with van der Waals surface area (Å²) in [6, 6.07) is 6.13. The van der Waals surface area contributed by atoms with Gasteiger partial charge in [0.05, 0.1) is 13.5 Å². The molecule has 0 spiro atoms. The van der Waals surface area contributed by atoms with E-state index in [0.717, 1.165) is 0 Å². The fraction of sp³-hybridized carbons (Fsp3) is 0.417. The van der Waals surface area contributed by atoms with Crippen molar-refractivity contribution in [3.05, 3.63) is 35.6 Å². The van der Waals surface area contributed by atoms with E-state index >= 15 is 0 Å². The maximum Gasteiger partial charge on any atom is 0.306 e. The lowest BCUT2D eigenvalue weighted by molar-refractivity contribution is -0.141. The summed E-state index contributed by atoms with van der Waals surface area (Å²) in [6.07, 6.45) is 0.142. The summed E-state index contributed by atoms with van der Waals surface area (Å²) in [4.78, 5) is 11.3. The summed E-state index contributed by atoms with van der Waals surface area (Å²) in [5.74, 6) is -0.681. The van der Waals surface area contributed by atoms with Crippen molar-refractivity contribution in [2.75, 3.05) is 13.7 Å². The van der Waals surface area contributed by atoms with Crippen LogP contribution in [0.3, 0.4) is 0 Å². The minimum absolute atomic E-state index is 0.142. The quantitative estimate of drug-likeness (QED) is 0.792. The number of nitrogens with two attached hydrogens (primary N) is 1. The second-order valence-electron chi connectivity index (χ2n) is 4.03. The zero-order chi connectivity index (χ0) is 12.2. The number of hydrogen-bond donors (Lipinski definition) is 1. The highest BCUT2D eigenvalue weighted by atomic mass is 19.1. The molecule has 0 saturated carbocycles. The number of ether oxygens (including phenoxy) is 1. The molecule has 0 aliphatic heterocycles. The molecule has 1 aromatic carbocycles. The molecule has 3 nitrogen and oxygen atoms in total. The number of halogens is 1. The molecular formula is C12H16FNO2. The number of rotatable bonds is 4. The summed E-state index contributed by atoms with van der Waals surface area (Å²) in [5, 5.41) is 0. The SMILES string of the molecule is COC(=O)CC(C)(CN)c1cccc(F)c1. The van der Waals surface area contributed by atoms with Crippen molar-refractivity contribution in [1.82, 2.24) is 0 Å². The van der Waals surface area contributed by atoms with Gasteiger partial charge in [-0.3, -0.25) is 4.79 Å². The van der Waals surface area contributed by atoms with Gasteiger partial charge in [-0.1, -0.05) is 19.1 Å². The standard InChI is InChI=1S/C12H16FNO2/c1-12(8-14,7-11(15)16-2)9-4-3-5-10(13)6-9/h3-6H,7-8,14H2,1-2H3. The maximum absolute atomic E-state index is 13.1. The van der Waals surface area contributed by atoms with Crippen LogP contribution < -0.4 is 5.73 Å². The van der Waals surface area contributed by atoms with E-state index in [1.165, 1.54) is 19.2 Å². The van der Waals surface area contributed by atoms with Gasteiger partial charge in [0.2, 0.25) is 0 Å². The highest BCUT2D eigenvalue weighted by molar-refractivity contribution is 5.71. The summed E-state index contributed by atoms with van der Waals surface area (Å²) in [6.45, 7) is 2.07. The zero-order valence-electron chi connectivity index (χ0n) is 9.50. The highest BCUT2D eigenvalue weighted by Gasteiger charge is 2.29. The lowest BCUT2D eigenvalue weighted by Crippen LogP contribution is -2.34. The van der Waals surface area contributed by atoms with E-state index in [9.17, 15) is 9.18 Å². The Morgan fingerprint density at radius 1 is 1.56 bits per heavy atom. The Kier molecular flexibility index (Phi) is 4.01. The lowest BCUT2D eigenvalue weighted by atomic mass is 9.79. The predicted molar refractivity (Wildman–Crippen MR) is 59.4 cm³/mol. The molecule has 1 aromatic rings. The Labute approximate surface area is 94.4 Å². The Balaban J connectivity index is 2.99. The molecule has 1 unspecified atom stereocenters. The first kappa shape index (κ1) is 12.6. The van der Waals surface area contributed by atoms with Crippen molar-refractivity contribution in [2.45, 2.75) is 18.8 Å². The van der Waals surface area contributed by atoms with Gasteiger partial charge in [0.25, 0.3) is 0 Å². The Morgan fingerprint density at radius 2 is 2.25 bits per heavy atom. The molecule has 0 aliphatic carbocycles. The smallest absolute Gasteiger partial charge is 0.306 e. The molecule has 0 aliphatic rings. The molecule has 0 fully saturated rings. The molecule has 1 atom stereocenters. The fourth-order valence-corrected chi connectivity index (χ4v) is 1.55. The monoisotopic (exact) mass is 225 g/mol. The largest absolute Gasteiger partial charge is 0.469 e. The topological polar surface area (TPSA) is 52.3 Å². The Morgan fingerprint density at radius 3 is 2.75 bits per heavy atom. The fourth-order valence-electron chi connectivity index (χ4n) is 1.55. The first-order chi connectivity index (χ1) is 7.51. The number of benzene rings is 1. The van der Waals surface area contributed by atoms with Crippen molar-refractivity contribution < 1.29 is 13.9 Å². The van der Waals surface area contributed by atoms with Crippen molar-refractivity contribution in [1.29, 1.82) is 0 Å². The molecule has 0 heterocycles. The number of methoxy groups -OCH3 is 1. The van der Waals surface area contributed by atoms with Crippen LogP contribution in [0, 0.1) is 5.82 Å². The van der Waals surface area contributed by atoms with E-state index < -0.39 is 5.41 Å². The first-order valence-corrected chi connectivity index (χ1v) is 5.05. The Bertz CT molecular complexity index is 381. The van der Waals surface area contributed by atoms with Gasteiger partial charge < -0.3 is 10.5 Å². The minimum atomic E-state index is -0.588. The van der Waals surface area contributed by atoms with Crippen LogP contribution in [0.15, 0.2) is 24.3 Å². The van der Waals surface area contributed by atoms with E-state index in [1.807, 2.05) is 6.92 Å². The summed E-state index contributed by atoms with van der Waals surface area (Å²) in [7, 11) is 1.32. The normalized spacial score (nSPS) is 14.2. The van der Waals surface area contributed by atoms with Gasteiger partial charge in [-0.2, -0.15) is 0 Å². The molecule has 0 amide bonds. The summed E-state index contributed by atoms with van der Waals surface area (Å²) in [5.41, 5.74) is 5.78. The van der Waals surface area contributed by atoms with E-state index in [1.54, 1.807) is 12.1 Å². The van der Waals surface area contributed by atoms with Crippen molar-refractivity contribution in [3.63, 3.8) is 0 Å². The Hall–Kier alpha value is -1.42. The molecule has 88 valence electrons. The summed E-state index contributed by atoms with van der Waals surface area (Å²) >= 11 is 0. The molecule has 2 N–H and O–H groups in total. The van der Waals surface area contributed by atoms with Crippen LogP contribution in [0.5, 0.6) is 0 Å².